The zero-order chi connectivity index (χ0) is 55.9. The number of β-amino-alcohol motifs (C(OH)–C–C–N with tert-alkyl or cyclic N) is 1. The molecule has 0 aliphatic carbocycles. The molecule has 5 aliphatic rings. The molecule has 2 saturated heterocycles. The van der Waals surface area contributed by atoms with Crippen LogP contribution in [0.4, 0.5) is 4.79 Å². The van der Waals surface area contributed by atoms with E-state index in [9.17, 15) is 29.1 Å². The molecule has 0 radical (unpaired) electrons. The standard InChI is InChI=1S/C51H82N8O19/c1-4-9-59(77-5-2)47(63)39-32-43(52)56-42-31-40(34-55-50(42,3)33-39)46(62)57-37-51(65,38-57)36-54-49(64)76-30-29-75-28-27-74-26-25-73-24-23-72-22-21-71-20-19-70-18-17-69-16-15-68-14-13-67-12-11-66-10-8-53-44(60)35-58-45(61)7-6-41-48(58)78-41/h6-7,31,33-34,41,48,55,65H,4-5,8-30,32,35-38H2,1-3H3,(H2,52,56)(H,53,60)(H,54,64). The van der Waals surface area contributed by atoms with Crippen molar-refractivity contribution in [1.29, 1.82) is 0 Å². The Kier molecular flexibility index (Phi) is 29.0. The summed E-state index contributed by atoms with van der Waals surface area (Å²) in [6.45, 7) is 14.4. The van der Waals surface area contributed by atoms with Crippen LogP contribution in [0.25, 0.3) is 0 Å². The van der Waals surface area contributed by atoms with Gasteiger partial charge < -0.3 is 93.4 Å². The average molecular weight is 1110 g/mol. The van der Waals surface area contributed by atoms with Gasteiger partial charge in [-0.05, 0) is 38.5 Å². The third-order valence-corrected chi connectivity index (χ3v) is 11.9. The SMILES string of the molecule is CCCN(OCC)C(=O)C1=CC2(C)NC=C(C(=O)N3CC(O)(CNC(=O)OCCOCCOCCOCCOCCOCCOCCOCCOCCOCCOCCNC(=O)CN4C(=O)C=CC5OC54)C3)C=C2N=C(N)C1. The van der Waals surface area contributed by atoms with E-state index in [0.29, 0.717) is 168 Å². The zero-order valence-corrected chi connectivity index (χ0v) is 45.4. The molecule has 5 heterocycles. The van der Waals surface area contributed by atoms with Crippen LogP contribution in [-0.2, 0) is 80.9 Å². The van der Waals surface area contributed by atoms with Gasteiger partial charge in [0, 0.05) is 37.4 Å². The Morgan fingerprint density at radius 1 is 0.782 bits per heavy atom. The summed E-state index contributed by atoms with van der Waals surface area (Å²) in [5, 5.41) is 20.7. The van der Waals surface area contributed by atoms with Gasteiger partial charge >= 0.3 is 6.09 Å². The molecule has 0 saturated carbocycles. The van der Waals surface area contributed by atoms with Crippen molar-refractivity contribution in [2.75, 3.05) is 185 Å². The van der Waals surface area contributed by atoms with Gasteiger partial charge in [-0.1, -0.05) is 6.92 Å². The molecule has 0 spiro atoms. The van der Waals surface area contributed by atoms with Crippen LogP contribution in [0.3, 0.4) is 0 Å². The molecule has 27 nitrogen and oxygen atoms in total. The number of nitrogens with one attached hydrogen (secondary N) is 3. The summed E-state index contributed by atoms with van der Waals surface area (Å²) in [4.78, 5) is 75.8. The molecular formula is C51H82N8O19. The number of rotatable bonds is 43. The maximum absolute atomic E-state index is 13.4. The number of carbonyl (C=O) groups is 5. The molecule has 3 atom stereocenters. The summed E-state index contributed by atoms with van der Waals surface area (Å²) in [6, 6.07) is 0. The highest BCUT2D eigenvalue weighted by Gasteiger charge is 2.47. The number of dihydropyridines is 1. The van der Waals surface area contributed by atoms with Crippen molar-refractivity contribution < 1.29 is 90.8 Å². The molecule has 27 heteroatoms. The number of amidine groups is 1. The fraction of sp³-hybridized carbons (Fsp3) is 0.725. The molecule has 0 aromatic carbocycles. The van der Waals surface area contributed by atoms with Gasteiger partial charge in [0.05, 0.1) is 175 Å². The Hall–Kier alpha value is -5.14. The number of alkyl carbamates (subject to hydrolysis) is 1. The third-order valence-electron chi connectivity index (χ3n) is 11.9. The smallest absolute Gasteiger partial charge is 0.407 e. The minimum Gasteiger partial charge on any atom is -0.447 e. The van der Waals surface area contributed by atoms with Gasteiger partial charge in [0.1, 0.15) is 30.7 Å². The minimum atomic E-state index is -1.33. The summed E-state index contributed by atoms with van der Waals surface area (Å²) in [5.41, 5.74) is 5.16. The van der Waals surface area contributed by atoms with Crippen LogP contribution >= 0.6 is 0 Å². The number of aliphatic hydroxyl groups is 1. The van der Waals surface area contributed by atoms with E-state index in [0.717, 1.165) is 0 Å². The van der Waals surface area contributed by atoms with E-state index in [1.807, 2.05) is 20.8 Å². The maximum atomic E-state index is 13.4. The lowest BCUT2D eigenvalue weighted by Crippen LogP contribution is -2.67. The topological polar surface area (TPSA) is 313 Å². The van der Waals surface area contributed by atoms with Gasteiger partial charge in [-0.2, -0.15) is 0 Å². The second-order valence-electron chi connectivity index (χ2n) is 18.4. The Labute approximate surface area is 455 Å². The first-order valence-electron chi connectivity index (χ1n) is 26.6. The molecule has 78 heavy (non-hydrogen) atoms. The average Bonchev–Trinajstić information content (AvgIpc) is 4.28. The summed E-state index contributed by atoms with van der Waals surface area (Å²) >= 11 is 0. The van der Waals surface area contributed by atoms with Gasteiger partial charge in [0.2, 0.25) is 11.8 Å². The number of fused-ring (bicyclic) bond motifs is 2. The molecule has 6 N–H and O–H groups in total. The molecule has 5 rings (SSSR count). The lowest BCUT2D eigenvalue weighted by atomic mass is 9.89. The Bertz CT molecular complexity index is 2030. The predicted molar refractivity (Wildman–Crippen MR) is 277 cm³/mol. The lowest BCUT2D eigenvalue weighted by Gasteiger charge is -2.46. The Balaban J connectivity index is 0.714. The number of hydrogen-bond donors (Lipinski definition) is 5. The fourth-order valence-corrected chi connectivity index (χ4v) is 7.91. The van der Waals surface area contributed by atoms with Crippen LogP contribution in [0.2, 0.25) is 0 Å². The van der Waals surface area contributed by atoms with Crippen LogP contribution in [0.15, 0.2) is 52.3 Å². The molecular weight excluding hydrogens is 1030 g/mol. The third kappa shape index (κ3) is 23.3. The number of amides is 5. The zero-order valence-electron chi connectivity index (χ0n) is 45.4. The molecule has 0 aromatic rings. The van der Waals surface area contributed by atoms with Gasteiger partial charge in [0.15, 0.2) is 6.23 Å². The summed E-state index contributed by atoms with van der Waals surface area (Å²) in [5.74, 6) is -0.914. The van der Waals surface area contributed by atoms with Crippen LogP contribution in [0.1, 0.15) is 33.6 Å². The maximum Gasteiger partial charge on any atom is 0.407 e. The Morgan fingerprint density at radius 3 is 1.81 bits per heavy atom. The highest BCUT2D eigenvalue weighted by molar-refractivity contribution is 6.01. The van der Waals surface area contributed by atoms with E-state index in [2.05, 4.69) is 20.9 Å². The van der Waals surface area contributed by atoms with E-state index in [-0.39, 0.29) is 87.6 Å². The number of aliphatic imine (C=N–C) groups is 1. The summed E-state index contributed by atoms with van der Waals surface area (Å²) in [7, 11) is 0. The molecule has 0 aromatic heterocycles. The molecule has 440 valence electrons. The summed E-state index contributed by atoms with van der Waals surface area (Å²) in [6.07, 6.45) is 7.75. The van der Waals surface area contributed by atoms with Gasteiger partial charge in [-0.25, -0.2) is 14.9 Å². The van der Waals surface area contributed by atoms with Crippen LogP contribution in [0, 0.1) is 0 Å². The summed E-state index contributed by atoms with van der Waals surface area (Å²) < 4.78 is 65.3. The minimum absolute atomic E-state index is 0.00393. The number of nitrogens with two attached hydrogens (primary N) is 1. The van der Waals surface area contributed by atoms with E-state index in [1.165, 1.54) is 20.9 Å². The number of epoxide rings is 1. The monoisotopic (exact) mass is 1110 g/mol. The number of nitrogens with zero attached hydrogens (tertiary/aromatic N) is 4. The van der Waals surface area contributed by atoms with E-state index >= 15 is 0 Å². The van der Waals surface area contributed by atoms with Crippen LogP contribution < -0.4 is 21.7 Å². The van der Waals surface area contributed by atoms with Crippen molar-refractivity contribution in [1.82, 2.24) is 30.8 Å². The Morgan fingerprint density at radius 2 is 1.29 bits per heavy atom. The van der Waals surface area contributed by atoms with Crippen molar-refractivity contribution in [3.05, 3.63) is 47.3 Å². The molecule has 0 bridgehead atoms. The second-order valence-corrected chi connectivity index (χ2v) is 18.4. The number of ether oxygens (including phenoxy) is 12. The van der Waals surface area contributed by atoms with E-state index in [1.54, 1.807) is 24.4 Å². The number of likely N-dealkylation sites (tertiary alicyclic amines) is 1. The first-order valence-corrected chi connectivity index (χ1v) is 26.6. The number of carbonyl (C=O) groups excluding carboxylic acids is 5. The number of hydroxylamine groups is 2. The highest BCUT2D eigenvalue weighted by atomic mass is 16.7. The highest BCUT2D eigenvalue weighted by Crippen LogP contribution is 2.33. The molecule has 3 unspecified atom stereocenters. The fourth-order valence-electron chi connectivity index (χ4n) is 7.91. The van der Waals surface area contributed by atoms with Crippen molar-refractivity contribution in [3.63, 3.8) is 0 Å². The molecule has 2 fully saturated rings. The first kappa shape index (κ1) is 63.7. The number of hydrogen-bond acceptors (Lipinski definition) is 22. The largest absolute Gasteiger partial charge is 0.447 e. The quantitative estimate of drug-likeness (QED) is 0.0269. The van der Waals surface area contributed by atoms with E-state index in [4.69, 9.17) is 67.4 Å². The van der Waals surface area contributed by atoms with Crippen LogP contribution in [-0.4, -0.2) is 264 Å². The normalized spacial score (nSPS) is 20.0. The van der Waals surface area contributed by atoms with Gasteiger partial charge in [-0.15, -0.1) is 0 Å². The van der Waals surface area contributed by atoms with Gasteiger partial charge in [0.25, 0.3) is 11.8 Å². The van der Waals surface area contributed by atoms with E-state index < -0.39 is 17.2 Å². The van der Waals surface area contributed by atoms with Crippen molar-refractivity contribution in [2.45, 2.75) is 57.1 Å². The second kappa shape index (κ2) is 35.5. The van der Waals surface area contributed by atoms with Crippen molar-refractivity contribution in [2.24, 2.45) is 10.7 Å². The molecule has 5 amide bonds. The van der Waals surface area contributed by atoms with Gasteiger partial charge in [-0.3, -0.25) is 24.0 Å². The van der Waals surface area contributed by atoms with Crippen molar-refractivity contribution in [3.8, 4) is 0 Å². The van der Waals surface area contributed by atoms with Crippen LogP contribution in [0.5, 0.6) is 0 Å². The lowest BCUT2D eigenvalue weighted by molar-refractivity contribution is -0.180. The van der Waals surface area contributed by atoms with Crippen molar-refractivity contribution >= 4 is 35.6 Å². The molecule has 5 aliphatic heterocycles. The predicted octanol–water partition coefficient (Wildman–Crippen LogP) is -1.30. The first-order chi connectivity index (χ1) is 37.8.